The molecule has 0 bridgehead atoms. The Morgan fingerprint density at radius 2 is 2.05 bits per heavy atom. The number of hydrogen-bond acceptors (Lipinski definition) is 5. The minimum atomic E-state index is -4.02. The van der Waals surface area contributed by atoms with Gasteiger partial charge in [0.1, 0.15) is 4.90 Å². The van der Waals surface area contributed by atoms with Crippen molar-refractivity contribution in [3.63, 3.8) is 0 Å². The Hall–Kier alpha value is -1.06. The lowest BCUT2D eigenvalue weighted by Crippen LogP contribution is -2.38. The molecule has 0 saturated carbocycles. The summed E-state index contributed by atoms with van der Waals surface area (Å²) >= 11 is 11.6. The molecule has 7 nitrogen and oxygen atoms in total. The summed E-state index contributed by atoms with van der Waals surface area (Å²) in [7, 11) is -2.54. The third-order valence-corrected chi connectivity index (χ3v) is 4.50. The number of hydrogen-bond donors (Lipinski definition) is 3. The van der Waals surface area contributed by atoms with Crippen LogP contribution in [-0.4, -0.2) is 41.1 Å². The van der Waals surface area contributed by atoms with Gasteiger partial charge in [0, 0.05) is 18.7 Å². The number of rotatable bonds is 7. The first kappa shape index (κ1) is 18.0. The number of methoxy groups -OCH3 is 1. The van der Waals surface area contributed by atoms with Crippen LogP contribution < -0.4 is 15.8 Å². The number of halogens is 2. The molecule has 0 heterocycles. The van der Waals surface area contributed by atoms with E-state index in [2.05, 4.69) is 10.0 Å². The number of amides is 1. The van der Waals surface area contributed by atoms with E-state index in [1.807, 2.05) is 0 Å². The fourth-order valence-electron chi connectivity index (χ4n) is 1.45. The van der Waals surface area contributed by atoms with Crippen molar-refractivity contribution in [1.29, 1.82) is 0 Å². The van der Waals surface area contributed by atoms with E-state index in [1.165, 1.54) is 19.2 Å². The molecule has 1 aromatic rings. The number of nitrogens with one attached hydrogen (secondary N) is 2. The third kappa shape index (κ3) is 5.33. The summed E-state index contributed by atoms with van der Waals surface area (Å²) in [5.41, 5.74) is 5.51. The van der Waals surface area contributed by atoms with Crippen molar-refractivity contribution in [2.75, 3.05) is 32.5 Å². The van der Waals surface area contributed by atoms with Gasteiger partial charge in [-0.05, 0) is 12.1 Å². The van der Waals surface area contributed by atoms with Crippen LogP contribution in [0.15, 0.2) is 17.0 Å². The molecule has 0 radical (unpaired) electrons. The van der Waals surface area contributed by atoms with E-state index in [1.54, 1.807) is 0 Å². The molecule has 1 amide bonds. The van der Waals surface area contributed by atoms with Gasteiger partial charge in [-0.25, -0.2) is 13.1 Å². The Morgan fingerprint density at radius 1 is 1.38 bits per heavy atom. The molecule has 1 aromatic carbocycles. The molecule has 118 valence electrons. The second kappa shape index (κ2) is 7.81. The fraction of sp³-hybridized carbons (Fsp3) is 0.364. The van der Waals surface area contributed by atoms with Crippen LogP contribution in [0.3, 0.4) is 0 Å². The molecule has 0 aromatic heterocycles. The van der Waals surface area contributed by atoms with E-state index in [-0.39, 0.29) is 27.2 Å². The van der Waals surface area contributed by atoms with Crippen molar-refractivity contribution < 1.29 is 17.9 Å². The van der Waals surface area contributed by atoms with Crippen molar-refractivity contribution in [1.82, 2.24) is 10.0 Å². The Bertz CT molecular complexity index is 599. The van der Waals surface area contributed by atoms with Crippen LogP contribution in [0.5, 0.6) is 0 Å². The Labute approximate surface area is 132 Å². The number of anilines is 1. The maximum atomic E-state index is 12.1. The van der Waals surface area contributed by atoms with Crippen LogP contribution in [-0.2, 0) is 19.6 Å². The van der Waals surface area contributed by atoms with Crippen LogP contribution in [0, 0.1) is 0 Å². The summed E-state index contributed by atoms with van der Waals surface area (Å²) in [5, 5.41) is 2.57. The second-order valence-electron chi connectivity index (χ2n) is 3.97. The molecule has 0 aliphatic rings. The van der Waals surface area contributed by atoms with Gasteiger partial charge in [-0.1, -0.05) is 23.2 Å². The summed E-state index contributed by atoms with van der Waals surface area (Å²) in [6.07, 6.45) is 0. The normalized spacial score (nSPS) is 11.4. The first-order chi connectivity index (χ1) is 9.77. The van der Waals surface area contributed by atoms with E-state index in [9.17, 15) is 13.2 Å². The highest BCUT2D eigenvalue weighted by molar-refractivity contribution is 7.89. The Balaban J connectivity index is 2.77. The quantitative estimate of drug-likeness (QED) is 0.490. The highest BCUT2D eigenvalue weighted by Gasteiger charge is 2.22. The molecule has 4 N–H and O–H groups in total. The minimum absolute atomic E-state index is 0.0974. The van der Waals surface area contributed by atoms with Crippen LogP contribution in [0.25, 0.3) is 0 Å². The summed E-state index contributed by atoms with van der Waals surface area (Å²) in [6.45, 7) is 0.166. The fourth-order valence-corrected chi connectivity index (χ4v) is 3.42. The number of ether oxygens (including phenoxy) is 1. The maximum Gasteiger partial charge on any atom is 0.244 e. The van der Waals surface area contributed by atoms with Crippen molar-refractivity contribution in [3.8, 4) is 0 Å². The van der Waals surface area contributed by atoms with Crippen LogP contribution in [0.1, 0.15) is 0 Å². The van der Waals surface area contributed by atoms with Gasteiger partial charge in [-0.15, -0.1) is 0 Å². The van der Waals surface area contributed by atoms with Crippen LogP contribution >= 0.6 is 23.2 Å². The molecule has 1 rings (SSSR count). The first-order valence-electron chi connectivity index (χ1n) is 5.77. The van der Waals surface area contributed by atoms with E-state index in [4.69, 9.17) is 33.7 Å². The average molecular weight is 356 g/mol. The zero-order chi connectivity index (χ0) is 16.0. The monoisotopic (exact) mass is 355 g/mol. The Kier molecular flexibility index (Phi) is 6.69. The molecule has 10 heteroatoms. The maximum absolute atomic E-state index is 12.1. The molecule has 0 aliphatic heterocycles. The average Bonchev–Trinajstić information content (AvgIpc) is 2.35. The predicted octanol–water partition coefficient (Wildman–Crippen LogP) is 0.617. The zero-order valence-corrected chi connectivity index (χ0v) is 13.5. The molecule has 0 aliphatic carbocycles. The number of carbonyl (C=O) groups excluding carboxylic acids is 1. The number of benzene rings is 1. The predicted molar refractivity (Wildman–Crippen MR) is 80.9 cm³/mol. The lowest BCUT2D eigenvalue weighted by Gasteiger charge is -2.11. The molecule has 0 spiro atoms. The van der Waals surface area contributed by atoms with E-state index in [0.717, 1.165) is 0 Å². The van der Waals surface area contributed by atoms with Crippen molar-refractivity contribution in [2.24, 2.45) is 0 Å². The lowest BCUT2D eigenvalue weighted by atomic mass is 10.3. The van der Waals surface area contributed by atoms with Gasteiger partial charge in [0.2, 0.25) is 15.9 Å². The zero-order valence-electron chi connectivity index (χ0n) is 11.2. The van der Waals surface area contributed by atoms with Gasteiger partial charge in [0.05, 0.1) is 23.9 Å². The van der Waals surface area contributed by atoms with Crippen LogP contribution in [0.4, 0.5) is 5.69 Å². The third-order valence-electron chi connectivity index (χ3n) is 2.36. The largest absolute Gasteiger partial charge is 0.398 e. The summed E-state index contributed by atoms with van der Waals surface area (Å²) in [4.78, 5) is 11.1. The molecule has 21 heavy (non-hydrogen) atoms. The van der Waals surface area contributed by atoms with Gasteiger partial charge in [0.15, 0.2) is 0 Å². The minimum Gasteiger partial charge on any atom is -0.398 e. The summed E-state index contributed by atoms with van der Waals surface area (Å²) in [6, 6.07) is 2.52. The molecular formula is C11H15Cl2N3O4S. The Morgan fingerprint density at radius 3 is 2.62 bits per heavy atom. The summed E-state index contributed by atoms with van der Waals surface area (Å²) in [5.74, 6) is -0.501. The number of sulfonamides is 1. The highest BCUT2D eigenvalue weighted by Crippen LogP contribution is 2.30. The van der Waals surface area contributed by atoms with Crippen molar-refractivity contribution >= 4 is 44.8 Å². The van der Waals surface area contributed by atoms with Gasteiger partial charge in [0.25, 0.3) is 0 Å². The molecular weight excluding hydrogens is 341 g/mol. The van der Waals surface area contributed by atoms with Crippen molar-refractivity contribution in [2.45, 2.75) is 4.90 Å². The SMILES string of the molecule is COCCNC(=O)CNS(=O)(=O)c1c(N)cc(Cl)cc1Cl. The van der Waals surface area contributed by atoms with Gasteiger partial charge < -0.3 is 15.8 Å². The second-order valence-corrected chi connectivity index (χ2v) is 6.52. The first-order valence-corrected chi connectivity index (χ1v) is 8.01. The van der Waals surface area contributed by atoms with E-state index >= 15 is 0 Å². The van der Waals surface area contributed by atoms with Gasteiger partial charge >= 0.3 is 0 Å². The topological polar surface area (TPSA) is 111 Å². The highest BCUT2D eigenvalue weighted by atomic mass is 35.5. The van der Waals surface area contributed by atoms with E-state index < -0.39 is 22.5 Å². The number of nitrogens with two attached hydrogens (primary N) is 1. The molecule has 0 saturated heterocycles. The summed E-state index contributed by atoms with van der Waals surface area (Å²) < 4.78 is 31.1. The smallest absolute Gasteiger partial charge is 0.244 e. The van der Waals surface area contributed by atoms with Crippen LogP contribution in [0.2, 0.25) is 10.0 Å². The molecule has 0 fully saturated rings. The van der Waals surface area contributed by atoms with Crippen molar-refractivity contribution in [3.05, 3.63) is 22.2 Å². The van der Waals surface area contributed by atoms with Gasteiger partial charge in [-0.2, -0.15) is 0 Å². The lowest BCUT2D eigenvalue weighted by molar-refractivity contribution is -0.120. The standard InChI is InChI=1S/C11H15Cl2N3O4S/c1-20-3-2-15-10(17)6-16-21(18,19)11-8(13)4-7(12)5-9(11)14/h4-5,16H,2-3,6,14H2,1H3,(H,15,17). The van der Waals surface area contributed by atoms with Gasteiger partial charge in [-0.3, -0.25) is 4.79 Å². The molecule has 0 atom stereocenters. The molecule has 0 unspecified atom stereocenters. The number of carbonyl (C=O) groups is 1. The van der Waals surface area contributed by atoms with E-state index in [0.29, 0.717) is 6.61 Å². The number of nitrogen functional groups attached to an aromatic ring is 1.